The fraction of sp³-hybridized carbons (Fsp3) is 0.500. The molecule has 144 valence electrons. The second kappa shape index (κ2) is 9.56. The molecule has 0 bridgehead atoms. The van der Waals surface area contributed by atoms with Crippen molar-refractivity contribution in [3.63, 3.8) is 0 Å². The van der Waals surface area contributed by atoms with Crippen molar-refractivity contribution in [2.75, 3.05) is 13.7 Å². The predicted molar refractivity (Wildman–Crippen MR) is 99.5 cm³/mol. The molecule has 0 aliphatic heterocycles. The molecule has 0 saturated carbocycles. The van der Waals surface area contributed by atoms with Crippen molar-refractivity contribution < 1.29 is 28.6 Å². The zero-order valence-corrected chi connectivity index (χ0v) is 17.1. The van der Waals surface area contributed by atoms with Gasteiger partial charge in [0.2, 0.25) is 0 Å². The Bertz CT molecular complexity index is 638. The van der Waals surface area contributed by atoms with E-state index in [9.17, 15) is 14.4 Å². The van der Waals surface area contributed by atoms with Crippen LogP contribution in [0.3, 0.4) is 0 Å². The fourth-order valence-electron chi connectivity index (χ4n) is 1.96. The van der Waals surface area contributed by atoms with E-state index in [1.54, 1.807) is 45.0 Å². The number of methoxy groups -OCH3 is 1. The van der Waals surface area contributed by atoms with Crippen LogP contribution in [0.25, 0.3) is 0 Å². The molecule has 0 spiro atoms. The normalized spacial score (nSPS) is 13.3. The third-order valence-corrected chi connectivity index (χ3v) is 4.24. The number of carbonyl (C=O) groups is 3. The highest BCUT2D eigenvalue weighted by Gasteiger charge is 2.28. The maximum absolute atomic E-state index is 12.0. The largest absolute Gasteiger partial charge is 0.482 e. The zero-order valence-electron chi connectivity index (χ0n) is 15.5. The molecular weight excluding hydrogens is 406 g/mol. The first-order valence-electron chi connectivity index (χ1n) is 7.97. The van der Waals surface area contributed by atoms with E-state index in [1.165, 1.54) is 14.0 Å². The van der Waals surface area contributed by atoms with Gasteiger partial charge in [-0.3, -0.25) is 4.79 Å². The molecule has 7 nitrogen and oxygen atoms in total. The Labute approximate surface area is 161 Å². The van der Waals surface area contributed by atoms with Gasteiger partial charge in [-0.2, -0.15) is 0 Å². The molecule has 8 heteroatoms. The molecule has 0 saturated heterocycles. The number of hydrogen-bond acceptors (Lipinski definition) is 6. The van der Waals surface area contributed by atoms with Crippen LogP contribution in [-0.2, 0) is 19.1 Å². The number of rotatable bonds is 7. The molecule has 1 N–H and O–H groups in total. The van der Waals surface area contributed by atoms with E-state index in [2.05, 4.69) is 26.0 Å². The van der Waals surface area contributed by atoms with Gasteiger partial charge in [-0.1, -0.05) is 28.1 Å². The lowest BCUT2D eigenvalue weighted by Crippen LogP contribution is -2.44. The van der Waals surface area contributed by atoms with Gasteiger partial charge in [-0.05, 0) is 45.4 Å². The predicted octanol–water partition coefficient (Wildman–Crippen LogP) is 3.16. The molecule has 1 unspecified atom stereocenters. The Balaban J connectivity index is 2.79. The highest BCUT2D eigenvalue weighted by Crippen LogP contribution is 2.29. The quantitative estimate of drug-likeness (QED) is 0.528. The summed E-state index contributed by atoms with van der Waals surface area (Å²) in [5, 5.41) is 2.58. The van der Waals surface area contributed by atoms with E-state index in [1.807, 2.05) is 0 Å². The lowest BCUT2D eigenvalue weighted by molar-refractivity contribution is -0.142. The highest BCUT2D eigenvalue weighted by atomic mass is 79.9. The summed E-state index contributed by atoms with van der Waals surface area (Å²) in [7, 11) is 1.28. The van der Waals surface area contributed by atoms with Gasteiger partial charge < -0.3 is 19.5 Å². The Morgan fingerprint density at radius 2 is 1.73 bits per heavy atom. The number of halogens is 1. The molecule has 1 amide bonds. The number of benzene rings is 1. The topological polar surface area (TPSA) is 90.9 Å². The van der Waals surface area contributed by atoms with E-state index < -0.39 is 28.5 Å². The van der Waals surface area contributed by atoms with Gasteiger partial charge in [0.15, 0.2) is 12.4 Å². The van der Waals surface area contributed by atoms with Crippen LogP contribution in [0.15, 0.2) is 24.3 Å². The summed E-state index contributed by atoms with van der Waals surface area (Å²) < 4.78 is 15.0. The first-order chi connectivity index (χ1) is 12.0. The molecule has 26 heavy (non-hydrogen) atoms. The van der Waals surface area contributed by atoms with Crippen LogP contribution in [0.5, 0.6) is 5.75 Å². The Morgan fingerprint density at radius 1 is 1.15 bits per heavy atom. The molecule has 0 fully saturated rings. The molecule has 0 radical (unpaired) electrons. The average Bonchev–Trinajstić information content (AvgIpc) is 2.55. The fourth-order valence-corrected chi connectivity index (χ4v) is 2.77. The number of nitrogens with one attached hydrogen (secondary N) is 1. The number of alkyl halides is 1. The molecule has 1 aromatic carbocycles. The first kappa shape index (κ1) is 22.0. The van der Waals surface area contributed by atoms with Crippen molar-refractivity contribution in [2.24, 2.45) is 0 Å². The number of ketones is 1. The Kier molecular flexibility index (Phi) is 8.08. The van der Waals surface area contributed by atoms with Crippen molar-refractivity contribution in [3.05, 3.63) is 29.8 Å². The molecule has 1 aromatic rings. The molecule has 0 aliphatic carbocycles. The van der Waals surface area contributed by atoms with E-state index >= 15 is 0 Å². The summed E-state index contributed by atoms with van der Waals surface area (Å²) in [5.41, 5.74) is 0.0953. The standard InChI is InChI=1S/C18H24BrNO6/c1-11(21)16(20-17(23)26-18(2,3)4)15(19)12-6-8-13(9-7-12)25-10-14(22)24-5/h6-9,15-16H,10H2,1-5H3,(H,20,23)/t15?,16-/m0/s1. The number of hydrogen-bond donors (Lipinski definition) is 1. The number of alkyl carbamates (subject to hydrolysis) is 1. The minimum Gasteiger partial charge on any atom is -0.482 e. The molecule has 0 aliphatic rings. The second-order valence-electron chi connectivity index (χ2n) is 6.57. The van der Waals surface area contributed by atoms with Gasteiger partial charge in [-0.15, -0.1) is 0 Å². The summed E-state index contributed by atoms with van der Waals surface area (Å²) >= 11 is 3.45. The zero-order chi connectivity index (χ0) is 19.9. The first-order valence-corrected chi connectivity index (χ1v) is 8.88. The lowest BCUT2D eigenvalue weighted by atomic mass is 10.0. The van der Waals surface area contributed by atoms with E-state index in [0.717, 1.165) is 5.56 Å². The smallest absolute Gasteiger partial charge is 0.408 e. The van der Waals surface area contributed by atoms with E-state index in [4.69, 9.17) is 9.47 Å². The van der Waals surface area contributed by atoms with Gasteiger partial charge in [0.05, 0.1) is 11.9 Å². The molecule has 0 heterocycles. The van der Waals surface area contributed by atoms with Crippen molar-refractivity contribution >= 4 is 33.8 Å². The summed E-state index contributed by atoms with van der Waals surface area (Å²) in [4.78, 5) is 34.6. The van der Waals surface area contributed by atoms with E-state index in [0.29, 0.717) is 5.75 Å². The average molecular weight is 430 g/mol. The number of carbonyl (C=O) groups excluding carboxylic acids is 3. The van der Waals surface area contributed by atoms with Crippen LogP contribution in [0, 0.1) is 0 Å². The van der Waals surface area contributed by atoms with Gasteiger partial charge in [0.25, 0.3) is 0 Å². The van der Waals surface area contributed by atoms with Crippen molar-refractivity contribution in [1.82, 2.24) is 5.32 Å². The summed E-state index contributed by atoms with van der Waals surface area (Å²) in [6.07, 6.45) is -0.666. The van der Waals surface area contributed by atoms with Crippen LogP contribution in [-0.4, -0.2) is 43.2 Å². The van der Waals surface area contributed by atoms with Crippen molar-refractivity contribution in [1.29, 1.82) is 0 Å². The van der Waals surface area contributed by atoms with Crippen LogP contribution in [0.4, 0.5) is 4.79 Å². The van der Waals surface area contributed by atoms with Crippen LogP contribution < -0.4 is 10.1 Å². The number of ether oxygens (including phenoxy) is 3. The van der Waals surface area contributed by atoms with Gasteiger partial charge in [0.1, 0.15) is 17.4 Å². The van der Waals surface area contributed by atoms with Crippen molar-refractivity contribution in [2.45, 2.75) is 44.2 Å². The highest BCUT2D eigenvalue weighted by molar-refractivity contribution is 9.09. The van der Waals surface area contributed by atoms with Gasteiger partial charge >= 0.3 is 12.1 Å². The Morgan fingerprint density at radius 3 is 2.19 bits per heavy atom. The second-order valence-corrected chi connectivity index (χ2v) is 7.56. The van der Waals surface area contributed by atoms with Crippen molar-refractivity contribution in [3.8, 4) is 5.75 Å². The van der Waals surface area contributed by atoms with Crippen LogP contribution in [0.2, 0.25) is 0 Å². The lowest BCUT2D eigenvalue weighted by Gasteiger charge is -2.25. The van der Waals surface area contributed by atoms with Gasteiger partial charge in [-0.25, -0.2) is 9.59 Å². The third kappa shape index (κ3) is 7.43. The third-order valence-electron chi connectivity index (χ3n) is 3.19. The molecular formula is C18H24BrNO6. The Hall–Kier alpha value is -2.09. The summed E-state index contributed by atoms with van der Waals surface area (Å²) in [6, 6.07) is 6.00. The number of Topliss-reactive ketones (excluding diaryl/α,β-unsaturated/α-hetero) is 1. The minimum absolute atomic E-state index is 0.191. The van der Waals surface area contributed by atoms with Gasteiger partial charge in [0, 0.05) is 0 Å². The van der Waals surface area contributed by atoms with Crippen LogP contribution >= 0.6 is 15.9 Å². The molecule has 0 aromatic heterocycles. The number of amides is 1. The van der Waals surface area contributed by atoms with Crippen LogP contribution in [0.1, 0.15) is 38.1 Å². The monoisotopic (exact) mass is 429 g/mol. The van der Waals surface area contributed by atoms with E-state index in [-0.39, 0.29) is 12.4 Å². The maximum Gasteiger partial charge on any atom is 0.408 e. The maximum atomic E-state index is 12.0. The molecule has 1 rings (SSSR count). The number of esters is 1. The SMILES string of the molecule is COC(=O)COc1ccc(C(Br)[C@@H](NC(=O)OC(C)(C)C)C(C)=O)cc1. The minimum atomic E-state index is -0.799. The summed E-state index contributed by atoms with van der Waals surface area (Å²) in [6.45, 7) is 6.43. The summed E-state index contributed by atoms with van der Waals surface area (Å²) in [5.74, 6) is -0.215. The molecule has 2 atom stereocenters.